The minimum Gasteiger partial charge on any atom is -0.325 e. The van der Waals surface area contributed by atoms with E-state index in [1.807, 2.05) is 12.1 Å². The van der Waals surface area contributed by atoms with Crippen LogP contribution in [0.25, 0.3) is 0 Å². The molecule has 3 heteroatoms. The molecule has 2 rings (SSSR count). The molecule has 1 aliphatic rings. The van der Waals surface area contributed by atoms with Crippen molar-refractivity contribution >= 4 is 23.2 Å². The van der Waals surface area contributed by atoms with E-state index in [9.17, 15) is 4.79 Å². The summed E-state index contributed by atoms with van der Waals surface area (Å²) in [4.78, 5) is 11.2. The molecule has 1 aromatic carbocycles. The Kier molecular flexibility index (Phi) is 2.46. The highest BCUT2D eigenvalue weighted by atomic mass is 35.5. The van der Waals surface area contributed by atoms with E-state index >= 15 is 0 Å². The molecule has 0 aromatic heterocycles. The molecule has 0 atom stereocenters. The molecule has 0 radical (unpaired) electrons. The zero-order chi connectivity index (χ0) is 10.1. The summed E-state index contributed by atoms with van der Waals surface area (Å²) < 4.78 is 0. The SMILES string of the molecule is CCc1ccc(Cl)c2c1CCC(=O)N2. The molecule has 1 N–H and O–H groups in total. The molecule has 1 aromatic rings. The van der Waals surface area contributed by atoms with E-state index < -0.39 is 0 Å². The zero-order valence-electron chi connectivity index (χ0n) is 8.06. The first-order valence-electron chi connectivity index (χ1n) is 4.82. The summed E-state index contributed by atoms with van der Waals surface area (Å²) >= 11 is 6.02. The van der Waals surface area contributed by atoms with Crippen molar-refractivity contribution < 1.29 is 4.79 Å². The number of carbonyl (C=O) groups is 1. The van der Waals surface area contributed by atoms with E-state index in [0.717, 1.165) is 18.5 Å². The molecule has 1 heterocycles. The second kappa shape index (κ2) is 3.62. The van der Waals surface area contributed by atoms with E-state index in [2.05, 4.69) is 12.2 Å². The maximum absolute atomic E-state index is 11.2. The average Bonchev–Trinajstić information content (AvgIpc) is 2.19. The molecule has 0 saturated carbocycles. The van der Waals surface area contributed by atoms with Crippen LogP contribution >= 0.6 is 11.6 Å². The number of hydrogen-bond donors (Lipinski definition) is 1. The van der Waals surface area contributed by atoms with Crippen LogP contribution in [-0.4, -0.2) is 5.91 Å². The normalized spacial score (nSPS) is 14.9. The van der Waals surface area contributed by atoms with Crippen LogP contribution in [0.5, 0.6) is 0 Å². The molecule has 0 unspecified atom stereocenters. The summed E-state index contributed by atoms with van der Waals surface area (Å²) in [6.45, 7) is 2.11. The standard InChI is InChI=1S/C11H12ClNO/c1-2-7-3-5-9(12)11-8(7)4-6-10(14)13-11/h3,5H,2,4,6H2,1H3,(H,13,14). The fourth-order valence-electron chi connectivity index (χ4n) is 1.85. The van der Waals surface area contributed by atoms with Crippen LogP contribution < -0.4 is 5.32 Å². The maximum Gasteiger partial charge on any atom is 0.224 e. The first-order valence-corrected chi connectivity index (χ1v) is 5.20. The highest BCUT2D eigenvalue weighted by Crippen LogP contribution is 2.33. The lowest BCUT2D eigenvalue weighted by Gasteiger charge is -2.20. The minimum absolute atomic E-state index is 0.0626. The molecule has 2 nitrogen and oxygen atoms in total. The summed E-state index contributed by atoms with van der Waals surface area (Å²) in [5, 5.41) is 3.48. The van der Waals surface area contributed by atoms with E-state index in [-0.39, 0.29) is 5.91 Å². The van der Waals surface area contributed by atoms with Crippen LogP contribution in [0.4, 0.5) is 5.69 Å². The van der Waals surface area contributed by atoms with Gasteiger partial charge in [-0.15, -0.1) is 0 Å². The smallest absolute Gasteiger partial charge is 0.224 e. The van der Waals surface area contributed by atoms with Gasteiger partial charge in [-0.1, -0.05) is 24.6 Å². The fourth-order valence-corrected chi connectivity index (χ4v) is 2.08. The summed E-state index contributed by atoms with van der Waals surface area (Å²) in [7, 11) is 0. The number of fused-ring (bicyclic) bond motifs is 1. The predicted octanol–water partition coefficient (Wildman–Crippen LogP) is 2.79. The summed E-state index contributed by atoms with van der Waals surface area (Å²) in [6, 6.07) is 3.89. The Balaban J connectivity index is 2.54. The predicted molar refractivity (Wildman–Crippen MR) is 57.8 cm³/mol. The third-order valence-electron chi connectivity index (χ3n) is 2.61. The molecule has 0 bridgehead atoms. The number of nitrogens with one attached hydrogen (secondary N) is 1. The molecule has 0 saturated heterocycles. The van der Waals surface area contributed by atoms with Gasteiger partial charge in [-0.3, -0.25) is 4.79 Å². The van der Waals surface area contributed by atoms with Crippen LogP contribution in [0.1, 0.15) is 24.5 Å². The van der Waals surface area contributed by atoms with Gasteiger partial charge in [-0.05, 0) is 30.0 Å². The summed E-state index contributed by atoms with van der Waals surface area (Å²) in [5.41, 5.74) is 3.31. The zero-order valence-corrected chi connectivity index (χ0v) is 8.82. The molecular formula is C11H12ClNO. The molecule has 14 heavy (non-hydrogen) atoms. The number of hydrogen-bond acceptors (Lipinski definition) is 1. The van der Waals surface area contributed by atoms with Gasteiger partial charge in [0.05, 0.1) is 10.7 Å². The van der Waals surface area contributed by atoms with Crippen LogP contribution in [0.15, 0.2) is 12.1 Å². The Bertz CT molecular complexity index is 387. The van der Waals surface area contributed by atoms with Crippen LogP contribution in [0, 0.1) is 0 Å². The Hall–Kier alpha value is -1.02. The highest BCUT2D eigenvalue weighted by Gasteiger charge is 2.19. The third kappa shape index (κ3) is 1.50. The first-order chi connectivity index (χ1) is 6.72. The average molecular weight is 210 g/mol. The number of rotatable bonds is 1. The number of halogens is 1. The van der Waals surface area contributed by atoms with Gasteiger partial charge in [-0.2, -0.15) is 0 Å². The van der Waals surface area contributed by atoms with Gasteiger partial charge < -0.3 is 5.32 Å². The first kappa shape index (κ1) is 9.53. The van der Waals surface area contributed by atoms with Crippen molar-refractivity contribution in [1.29, 1.82) is 0 Å². The second-order valence-corrected chi connectivity index (χ2v) is 3.87. The van der Waals surface area contributed by atoms with Crippen molar-refractivity contribution in [2.45, 2.75) is 26.2 Å². The van der Waals surface area contributed by atoms with Gasteiger partial charge in [0.15, 0.2) is 0 Å². The number of benzene rings is 1. The molecule has 1 aliphatic heterocycles. The van der Waals surface area contributed by atoms with Gasteiger partial charge >= 0.3 is 0 Å². The maximum atomic E-state index is 11.2. The number of amides is 1. The minimum atomic E-state index is 0.0626. The highest BCUT2D eigenvalue weighted by molar-refractivity contribution is 6.34. The van der Waals surface area contributed by atoms with Crippen molar-refractivity contribution in [3.8, 4) is 0 Å². The van der Waals surface area contributed by atoms with Crippen LogP contribution in [0.3, 0.4) is 0 Å². The van der Waals surface area contributed by atoms with E-state index in [1.165, 1.54) is 11.1 Å². The van der Waals surface area contributed by atoms with Gasteiger partial charge in [0.1, 0.15) is 0 Å². The Morgan fingerprint density at radius 3 is 2.93 bits per heavy atom. The van der Waals surface area contributed by atoms with Gasteiger partial charge in [0.2, 0.25) is 5.91 Å². The van der Waals surface area contributed by atoms with Crippen molar-refractivity contribution in [3.05, 3.63) is 28.3 Å². The lowest BCUT2D eigenvalue weighted by atomic mass is 9.96. The van der Waals surface area contributed by atoms with E-state index in [1.54, 1.807) is 0 Å². The Morgan fingerprint density at radius 1 is 1.43 bits per heavy atom. The molecule has 0 fully saturated rings. The molecule has 74 valence electrons. The fraction of sp³-hybridized carbons (Fsp3) is 0.364. The topological polar surface area (TPSA) is 29.1 Å². The van der Waals surface area contributed by atoms with E-state index in [0.29, 0.717) is 11.4 Å². The molecule has 0 aliphatic carbocycles. The number of aryl methyl sites for hydroxylation is 1. The molecule has 1 amide bonds. The lowest BCUT2D eigenvalue weighted by molar-refractivity contribution is -0.116. The summed E-state index contributed by atoms with van der Waals surface area (Å²) in [5.74, 6) is 0.0626. The third-order valence-corrected chi connectivity index (χ3v) is 2.92. The van der Waals surface area contributed by atoms with Crippen molar-refractivity contribution in [2.24, 2.45) is 0 Å². The van der Waals surface area contributed by atoms with Crippen LogP contribution in [0.2, 0.25) is 5.02 Å². The Morgan fingerprint density at radius 2 is 2.21 bits per heavy atom. The largest absolute Gasteiger partial charge is 0.325 e. The van der Waals surface area contributed by atoms with E-state index in [4.69, 9.17) is 11.6 Å². The lowest BCUT2D eigenvalue weighted by Crippen LogP contribution is -2.20. The number of carbonyl (C=O) groups excluding carboxylic acids is 1. The van der Waals surface area contributed by atoms with Crippen LogP contribution in [-0.2, 0) is 17.6 Å². The number of anilines is 1. The molecule has 0 spiro atoms. The van der Waals surface area contributed by atoms with Gasteiger partial charge in [-0.25, -0.2) is 0 Å². The Labute approximate surface area is 88.3 Å². The monoisotopic (exact) mass is 209 g/mol. The van der Waals surface area contributed by atoms with Gasteiger partial charge in [0.25, 0.3) is 0 Å². The van der Waals surface area contributed by atoms with Gasteiger partial charge in [0, 0.05) is 6.42 Å². The summed E-state index contributed by atoms with van der Waals surface area (Å²) in [6.07, 6.45) is 2.36. The van der Waals surface area contributed by atoms with Crippen molar-refractivity contribution in [3.63, 3.8) is 0 Å². The molecular weight excluding hydrogens is 198 g/mol. The van der Waals surface area contributed by atoms with Crippen molar-refractivity contribution in [1.82, 2.24) is 0 Å². The second-order valence-electron chi connectivity index (χ2n) is 3.46. The van der Waals surface area contributed by atoms with Crippen molar-refractivity contribution in [2.75, 3.05) is 5.32 Å². The quantitative estimate of drug-likeness (QED) is 0.757.